The van der Waals surface area contributed by atoms with E-state index in [1.54, 1.807) is 0 Å². The Balaban J connectivity index is 1.85. The molecule has 32 heavy (non-hydrogen) atoms. The number of sulfone groups is 1. The van der Waals surface area contributed by atoms with Crippen LogP contribution in [-0.2, 0) is 21.1 Å². The number of hydrogen-bond donors (Lipinski definition) is 2. The highest BCUT2D eigenvalue weighted by atomic mass is 32.2. The van der Waals surface area contributed by atoms with Crippen molar-refractivity contribution in [2.45, 2.75) is 29.0 Å². The minimum atomic E-state index is -4.94. The molecule has 0 aromatic heterocycles. The van der Waals surface area contributed by atoms with Crippen LogP contribution in [-0.4, -0.2) is 43.7 Å². The van der Waals surface area contributed by atoms with Gasteiger partial charge >= 0.3 is 12.1 Å². The molecular weight excluding hydrogens is 447 g/mol. The van der Waals surface area contributed by atoms with Gasteiger partial charge in [-0.3, -0.25) is 5.32 Å². The Labute approximate surface area is 182 Å². The van der Waals surface area contributed by atoms with Gasteiger partial charge in [-0.1, -0.05) is 36.4 Å². The van der Waals surface area contributed by atoms with Gasteiger partial charge in [0.1, 0.15) is 11.1 Å². The Morgan fingerprint density at radius 2 is 1.91 bits per heavy atom. The van der Waals surface area contributed by atoms with Crippen molar-refractivity contribution >= 4 is 21.9 Å². The van der Waals surface area contributed by atoms with E-state index in [4.69, 9.17) is 9.84 Å². The topological polar surface area (TPSA) is 92.7 Å². The number of rotatable bonds is 8. The molecule has 1 aliphatic heterocycles. The molecule has 0 spiro atoms. The molecule has 6 nitrogen and oxygen atoms in total. The molecule has 0 amide bonds. The maximum atomic E-state index is 13.2. The van der Waals surface area contributed by atoms with Crippen LogP contribution in [0.4, 0.5) is 13.2 Å². The van der Waals surface area contributed by atoms with E-state index >= 15 is 0 Å². The quantitative estimate of drug-likeness (QED) is 0.577. The lowest BCUT2D eigenvalue weighted by molar-refractivity contribution is -0.187. The molecule has 2 unspecified atom stereocenters. The number of alkyl halides is 3. The fourth-order valence-electron chi connectivity index (χ4n) is 3.24. The van der Waals surface area contributed by atoms with Gasteiger partial charge in [0, 0.05) is 12.1 Å². The van der Waals surface area contributed by atoms with Crippen molar-refractivity contribution in [1.82, 2.24) is 5.32 Å². The molecule has 0 bridgehead atoms. The fourth-order valence-corrected chi connectivity index (χ4v) is 4.68. The Bertz CT molecular complexity index is 1140. The summed E-state index contributed by atoms with van der Waals surface area (Å²) in [5.74, 6) is -2.07. The standard InChI is InChI=1S/C22H20F3NO5S/c1-2-19(26-11-10-14-6-4-3-5-7-14)32(29,30)16-8-9-18-15(12-16)13-17(21(27)28)20(31-18)22(23,24)25/h2-9,12-13,19-20,26H,1,10-11H2,(H,27,28). The van der Waals surface area contributed by atoms with E-state index in [1.807, 2.05) is 30.3 Å². The molecule has 2 aromatic carbocycles. The molecule has 10 heteroatoms. The van der Waals surface area contributed by atoms with Crippen LogP contribution in [0.3, 0.4) is 0 Å². The molecule has 2 atom stereocenters. The molecule has 1 heterocycles. The predicted molar refractivity (Wildman–Crippen MR) is 112 cm³/mol. The number of carboxylic acids is 1. The predicted octanol–water partition coefficient (Wildman–Crippen LogP) is 3.60. The van der Waals surface area contributed by atoms with Crippen LogP contribution in [0.2, 0.25) is 0 Å². The number of nitrogens with one attached hydrogen (secondary N) is 1. The number of hydrogen-bond acceptors (Lipinski definition) is 5. The highest BCUT2D eigenvalue weighted by molar-refractivity contribution is 7.92. The highest BCUT2D eigenvalue weighted by Crippen LogP contribution is 2.38. The molecule has 170 valence electrons. The van der Waals surface area contributed by atoms with Crippen LogP contribution in [0, 0.1) is 0 Å². The molecule has 0 fully saturated rings. The van der Waals surface area contributed by atoms with Gasteiger partial charge in [0.25, 0.3) is 0 Å². The molecular formula is C22H20F3NO5S. The van der Waals surface area contributed by atoms with E-state index in [2.05, 4.69) is 11.9 Å². The third-order valence-corrected chi connectivity index (χ3v) is 6.78. The monoisotopic (exact) mass is 467 g/mol. The zero-order valence-electron chi connectivity index (χ0n) is 16.7. The normalized spacial score (nSPS) is 17.0. The largest absolute Gasteiger partial charge is 0.478 e. The summed E-state index contributed by atoms with van der Waals surface area (Å²) >= 11 is 0. The summed E-state index contributed by atoms with van der Waals surface area (Å²) in [5.41, 5.74) is -0.0893. The minimum absolute atomic E-state index is 0.0731. The molecule has 0 aliphatic carbocycles. The van der Waals surface area contributed by atoms with Crippen LogP contribution in [0.25, 0.3) is 6.08 Å². The van der Waals surface area contributed by atoms with Gasteiger partial charge in [0.05, 0.1) is 10.5 Å². The van der Waals surface area contributed by atoms with E-state index in [-0.39, 0.29) is 16.2 Å². The van der Waals surface area contributed by atoms with Gasteiger partial charge in [0.15, 0.2) is 9.84 Å². The first-order chi connectivity index (χ1) is 15.0. The van der Waals surface area contributed by atoms with Crippen LogP contribution in [0.5, 0.6) is 5.75 Å². The van der Waals surface area contributed by atoms with E-state index in [9.17, 15) is 26.4 Å². The second-order valence-electron chi connectivity index (χ2n) is 7.04. The summed E-state index contributed by atoms with van der Waals surface area (Å²) < 4.78 is 70.4. The van der Waals surface area contributed by atoms with Crippen molar-refractivity contribution in [3.05, 3.63) is 77.9 Å². The minimum Gasteiger partial charge on any atom is -0.478 e. The Kier molecular flexibility index (Phi) is 6.75. The van der Waals surface area contributed by atoms with Gasteiger partial charge in [-0.2, -0.15) is 13.2 Å². The fraction of sp³-hybridized carbons (Fsp3) is 0.227. The highest BCUT2D eigenvalue weighted by Gasteiger charge is 2.48. The summed E-state index contributed by atoms with van der Waals surface area (Å²) in [4.78, 5) is 11.1. The van der Waals surface area contributed by atoms with Crippen LogP contribution in [0.1, 0.15) is 11.1 Å². The summed E-state index contributed by atoms with van der Waals surface area (Å²) in [6.45, 7) is 3.89. The second kappa shape index (κ2) is 9.17. The van der Waals surface area contributed by atoms with Crippen molar-refractivity contribution < 1.29 is 36.2 Å². The SMILES string of the molecule is C=CC(NCCc1ccccc1)S(=O)(=O)c1ccc2c(c1)C=C(C(=O)O)C(C(F)(F)F)O2. The van der Waals surface area contributed by atoms with Gasteiger partial charge in [-0.15, -0.1) is 6.58 Å². The molecule has 3 rings (SSSR count). The van der Waals surface area contributed by atoms with Gasteiger partial charge in [-0.05, 0) is 36.3 Å². The number of carboxylic acid groups (broad SMARTS) is 1. The van der Waals surface area contributed by atoms with Crippen molar-refractivity contribution in [3.63, 3.8) is 0 Å². The van der Waals surface area contributed by atoms with Crippen molar-refractivity contribution in [1.29, 1.82) is 0 Å². The Morgan fingerprint density at radius 1 is 1.22 bits per heavy atom. The first kappa shape index (κ1) is 23.6. The maximum absolute atomic E-state index is 13.2. The number of ether oxygens (including phenoxy) is 1. The van der Waals surface area contributed by atoms with Gasteiger partial charge < -0.3 is 9.84 Å². The van der Waals surface area contributed by atoms with Crippen molar-refractivity contribution in [3.8, 4) is 5.75 Å². The maximum Gasteiger partial charge on any atom is 0.430 e. The van der Waals surface area contributed by atoms with E-state index < -0.39 is 39.0 Å². The number of halogens is 3. The summed E-state index contributed by atoms with van der Waals surface area (Å²) in [5, 5.41) is 10.9. The molecule has 0 radical (unpaired) electrons. The van der Waals surface area contributed by atoms with Crippen molar-refractivity contribution in [2.24, 2.45) is 0 Å². The van der Waals surface area contributed by atoms with Crippen LogP contribution in [0.15, 0.2) is 71.7 Å². The molecule has 1 aliphatic rings. The van der Waals surface area contributed by atoms with Crippen molar-refractivity contribution in [2.75, 3.05) is 6.54 Å². The molecule has 0 saturated heterocycles. The average molecular weight is 467 g/mol. The number of carbonyl (C=O) groups is 1. The van der Waals surface area contributed by atoms with Crippen LogP contribution < -0.4 is 10.1 Å². The summed E-state index contributed by atoms with van der Waals surface area (Å²) in [7, 11) is -4.00. The lowest BCUT2D eigenvalue weighted by Gasteiger charge is -2.27. The number of fused-ring (bicyclic) bond motifs is 1. The summed E-state index contributed by atoms with van der Waals surface area (Å²) in [6, 6.07) is 12.7. The summed E-state index contributed by atoms with van der Waals surface area (Å²) in [6.07, 6.45) is -5.01. The van der Waals surface area contributed by atoms with Gasteiger partial charge in [-0.25, -0.2) is 13.2 Å². The lowest BCUT2D eigenvalue weighted by atomic mass is 10.0. The molecule has 2 N–H and O–H groups in total. The first-order valence-electron chi connectivity index (χ1n) is 9.50. The lowest BCUT2D eigenvalue weighted by Crippen LogP contribution is -2.40. The second-order valence-corrected chi connectivity index (χ2v) is 9.10. The van der Waals surface area contributed by atoms with E-state index in [0.717, 1.165) is 29.8 Å². The number of benzene rings is 2. The van der Waals surface area contributed by atoms with Gasteiger partial charge in [0.2, 0.25) is 6.10 Å². The first-order valence-corrected chi connectivity index (χ1v) is 11.0. The van der Waals surface area contributed by atoms with Crippen LogP contribution >= 0.6 is 0 Å². The average Bonchev–Trinajstić information content (AvgIpc) is 2.75. The third kappa shape index (κ3) is 5.03. The molecule has 0 saturated carbocycles. The zero-order chi connectivity index (χ0) is 23.5. The zero-order valence-corrected chi connectivity index (χ0v) is 17.5. The smallest absolute Gasteiger partial charge is 0.430 e. The number of aliphatic carboxylic acids is 1. The third-order valence-electron chi connectivity index (χ3n) is 4.84. The Morgan fingerprint density at radius 3 is 2.50 bits per heavy atom. The molecule has 2 aromatic rings. The van der Waals surface area contributed by atoms with E-state index in [1.165, 1.54) is 6.08 Å². The van der Waals surface area contributed by atoms with E-state index in [0.29, 0.717) is 13.0 Å². The Hall–Kier alpha value is -3.11.